The molecule has 3 N–H and O–H groups in total. The van der Waals surface area contributed by atoms with Gasteiger partial charge in [0.2, 0.25) is 5.95 Å². The van der Waals surface area contributed by atoms with Crippen LogP contribution >= 0.6 is 0 Å². The molecule has 0 saturated carbocycles. The molecule has 3 rings (SSSR count). The van der Waals surface area contributed by atoms with E-state index in [0.717, 1.165) is 10.5 Å². The molecule has 12 heteroatoms. The van der Waals surface area contributed by atoms with Gasteiger partial charge in [0.1, 0.15) is 12.4 Å². The van der Waals surface area contributed by atoms with E-state index in [0.29, 0.717) is 5.95 Å². The van der Waals surface area contributed by atoms with Crippen molar-refractivity contribution in [1.82, 2.24) is 19.5 Å². The molecular formula is C24H29N7O5. The first-order chi connectivity index (χ1) is 17.2. The number of aromatic nitrogens is 4. The van der Waals surface area contributed by atoms with Crippen molar-refractivity contribution in [3.8, 4) is 0 Å². The van der Waals surface area contributed by atoms with E-state index in [1.807, 2.05) is 44.2 Å². The van der Waals surface area contributed by atoms with Crippen LogP contribution in [-0.4, -0.2) is 58.1 Å². The Balaban J connectivity index is 1.81. The Morgan fingerprint density at radius 3 is 2.42 bits per heavy atom. The molecule has 0 unspecified atom stereocenters. The van der Waals surface area contributed by atoms with E-state index in [1.54, 1.807) is 13.1 Å². The molecule has 0 atom stereocenters. The molecule has 2 heterocycles. The lowest BCUT2D eigenvalue weighted by Gasteiger charge is -2.26. The van der Waals surface area contributed by atoms with Crippen LogP contribution in [0.5, 0.6) is 0 Å². The Hall–Kier alpha value is -4.48. The van der Waals surface area contributed by atoms with Crippen molar-refractivity contribution < 1.29 is 14.3 Å². The number of nitrogen functional groups attached to an aromatic ring is 1. The molecule has 0 radical (unpaired) electrons. The van der Waals surface area contributed by atoms with E-state index in [4.69, 9.17) is 10.5 Å². The quantitative estimate of drug-likeness (QED) is 0.385. The number of hydrogen-bond donors (Lipinski definition) is 2. The Labute approximate surface area is 207 Å². The number of esters is 1. The summed E-state index contributed by atoms with van der Waals surface area (Å²) in [4.78, 5) is 63.6. The van der Waals surface area contributed by atoms with Crippen LogP contribution in [0.25, 0.3) is 0 Å². The van der Waals surface area contributed by atoms with Gasteiger partial charge >= 0.3 is 11.7 Å². The first kappa shape index (κ1) is 26.1. The zero-order valence-corrected chi connectivity index (χ0v) is 20.4. The average molecular weight is 496 g/mol. The molecule has 0 aliphatic rings. The molecule has 0 fully saturated rings. The van der Waals surface area contributed by atoms with E-state index in [9.17, 15) is 19.2 Å². The number of H-pyrrole nitrogens is 1. The maximum Gasteiger partial charge on any atom is 0.330 e. The van der Waals surface area contributed by atoms with Crippen LogP contribution in [0.2, 0.25) is 0 Å². The van der Waals surface area contributed by atoms with Crippen LogP contribution in [0.4, 0.5) is 17.5 Å². The van der Waals surface area contributed by atoms with Crippen LogP contribution in [0, 0.1) is 5.92 Å². The summed E-state index contributed by atoms with van der Waals surface area (Å²) >= 11 is 0. The Morgan fingerprint density at radius 2 is 1.78 bits per heavy atom. The van der Waals surface area contributed by atoms with Crippen molar-refractivity contribution in [2.75, 3.05) is 42.3 Å². The highest BCUT2D eigenvalue weighted by atomic mass is 16.5. The number of carbonyl (C=O) groups excluding carboxylic acids is 2. The average Bonchev–Trinajstić information content (AvgIpc) is 2.85. The Kier molecular flexibility index (Phi) is 8.55. The smallest absolute Gasteiger partial charge is 0.330 e. The topological polar surface area (TPSA) is 157 Å². The van der Waals surface area contributed by atoms with E-state index >= 15 is 0 Å². The van der Waals surface area contributed by atoms with Gasteiger partial charge in [-0.15, -0.1) is 0 Å². The zero-order valence-electron chi connectivity index (χ0n) is 20.4. The van der Waals surface area contributed by atoms with E-state index in [1.165, 1.54) is 21.9 Å². The monoisotopic (exact) mass is 495 g/mol. The van der Waals surface area contributed by atoms with Crippen molar-refractivity contribution in [2.24, 2.45) is 5.92 Å². The highest BCUT2D eigenvalue weighted by molar-refractivity contribution is 5.97. The summed E-state index contributed by atoms with van der Waals surface area (Å²) in [5, 5.41) is 0. The maximum atomic E-state index is 13.1. The lowest BCUT2D eigenvalue weighted by molar-refractivity contribution is -0.146. The third kappa shape index (κ3) is 6.56. The zero-order chi connectivity index (χ0) is 26.2. The summed E-state index contributed by atoms with van der Waals surface area (Å²) in [5.41, 5.74) is 5.37. The van der Waals surface area contributed by atoms with Gasteiger partial charge in [0, 0.05) is 26.0 Å². The SMILES string of the molecule is CC(C)CN(C(=O)COC(=O)CN(C)c1ncccn1)c1c(N)n(Cc2ccccc2)c(=O)[nH]c1=O. The third-order valence-electron chi connectivity index (χ3n) is 5.13. The molecule has 36 heavy (non-hydrogen) atoms. The number of rotatable bonds is 10. The molecule has 0 aliphatic heterocycles. The molecule has 3 aromatic rings. The lowest BCUT2D eigenvalue weighted by Crippen LogP contribution is -2.44. The summed E-state index contributed by atoms with van der Waals surface area (Å²) in [7, 11) is 1.61. The Morgan fingerprint density at radius 1 is 1.11 bits per heavy atom. The number of nitrogens with one attached hydrogen (secondary N) is 1. The molecule has 2 aromatic heterocycles. The number of ether oxygens (including phenoxy) is 1. The number of hydrogen-bond acceptors (Lipinski definition) is 9. The van der Waals surface area contributed by atoms with Gasteiger partial charge in [0.15, 0.2) is 12.3 Å². The number of carbonyl (C=O) groups is 2. The molecule has 0 bridgehead atoms. The first-order valence-corrected chi connectivity index (χ1v) is 11.3. The summed E-state index contributed by atoms with van der Waals surface area (Å²) < 4.78 is 6.35. The molecule has 1 amide bonds. The van der Waals surface area contributed by atoms with E-state index in [2.05, 4.69) is 15.0 Å². The number of likely N-dealkylation sites (N-methyl/N-ethyl adjacent to an activating group) is 1. The molecule has 0 aliphatic carbocycles. The number of nitrogens with zero attached hydrogens (tertiary/aromatic N) is 5. The number of amides is 1. The highest BCUT2D eigenvalue weighted by Crippen LogP contribution is 2.19. The maximum absolute atomic E-state index is 13.1. The number of nitrogens with two attached hydrogens (primary N) is 1. The third-order valence-corrected chi connectivity index (χ3v) is 5.13. The normalized spacial score (nSPS) is 10.8. The predicted molar refractivity (Wildman–Crippen MR) is 135 cm³/mol. The van der Waals surface area contributed by atoms with Gasteiger partial charge in [-0.1, -0.05) is 44.2 Å². The van der Waals surface area contributed by atoms with Gasteiger partial charge in [-0.2, -0.15) is 0 Å². The number of benzene rings is 1. The van der Waals surface area contributed by atoms with Crippen molar-refractivity contribution in [3.63, 3.8) is 0 Å². The van der Waals surface area contributed by atoms with Crippen LogP contribution in [0.1, 0.15) is 19.4 Å². The summed E-state index contributed by atoms with van der Waals surface area (Å²) in [5.74, 6) is -1.23. The molecule has 0 spiro atoms. The fourth-order valence-electron chi connectivity index (χ4n) is 3.46. The van der Waals surface area contributed by atoms with Gasteiger partial charge < -0.3 is 20.3 Å². The molecule has 1 aromatic carbocycles. The van der Waals surface area contributed by atoms with Crippen molar-refractivity contribution in [3.05, 3.63) is 75.2 Å². The van der Waals surface area contributed by atoms with E-state index in [-0.39, 0.29) is 37.1 Å². The predicted octanol–water partition coefficient (Wildman–Crippen LogP) is 0.626. The van der Waals surface area contributed by atoms with Crippen molar-refractivity contribution >= 4 is 29.3 Å². The minimum atomic E-state index is -0.803. The minimum Gasteiger partial charge on any atom is -0.454 e. The van der Waals surface area contributed by atoms with Gasteiger partial charge in [-0.05, 0) is 17.5 Å². The molecule has 190 valence electrons. The largest absolute Gasteiger partial charge is 0.454 e. The fourth-order valence-corrected chi connectivity index (χ4v) is 3.46. The Bertz CT molecular complexity index is 1310. The minimum absolute atomic E-state index is 0.0562. The lowest BCUT2D eigenvalue weighted by atomic mass is 10.2. The summed E-state index contributed by atoms with van der Waals surface area (Å²) in [6.07, 6.45) is 3.08. The van der Waals surface area contributed by atoms with Gasteiger partial charge in [-0.3, -0.25) is 23.9 Å². The summed E-state index contributed by atoms with van der Waals surface area (Å²) in [6, 6.07) is 10.7. The second-order valence-electron chi connectivity index (χ2n) is 8.53. The first-order valence-electron chi connectivity index (χ1n) is 11.3. The highest BCUT2D eigenvalue weighted by Gasteiger charge is 2.26. The second-order valence-corrected chi connectivity index (χ2v) is 8.53. The number of anilines is 3. The van der Waals surface area contributed by atoms with Gasteiger partial charge in [0.25, 0.3) is 11.5 Å². The fraction of sp³-hybridized carbons (Fsp3) is 0.333. The van der Waals surface area contributed by atoms with Gasteiger partial charge in [-0.25, -0.2) is 14.8 Å². The van der Waals surface area contributed by atoms with Gasteiger partial charge in [0.05, 0.1) is 6.54 Å². The second kappa shape index (κ2) is 11.8. The summed E-state index contributed by atoms with van der Waals surface area (Å²) in [6.45, 7) is 3.11. The van der Waals surface area contributed by atoms with Crippen LogP contribution in [0.3, 0.4) is 0 Å². The van der Waals surface area contributed by atoms with Crippen molar-refractivity contribution in [2.45, 2.75) is 20.4 Å². The molecule has 0 saturated heterocycles. The number of aromatic amines is 1. The van der Waals surface area contributed by atoms with E-state index < -0.39 is 29.7 Å². The van der Waals surface area contributed by atoms with Crippen molar-refractivity contribution in [1.29, 1.82) is 0 Å². The standard InChI is InChI=1S/C24H29N7O5/c1-16(2)12-30(18(32)15-36-19(33)14-29(3)23-26-10-7-11-27-23)20-21(25)31(24(35)28-22(20)34)13-17-8-5-4-6-9-17/h4-11,16H,12-15,25H2,1-3H3,(H,28,34,35). The van der Waals surface area contributed by atoms with Crippen LogP contribution in [0.15, 0.2) is 58.4 Å². The molecule has 12 nitrogen and oxygen atoms in total. The van der Waals surface area contributed by atoms with Crippen LogP contribution < -0.4 is 26.8 Å². The molecular weight excluding hydrogens is 466 g/mol. The van der Waals surface area contributed by atoms with Crippen LogP contribution in [-0.2, 0) is 20.9 Å².